The van der Waals surface area contributed by atoms with E-state index < -0.39 is 0 Å². The molecule has 0 amide bonds. The quantitative estimate of drug-likeness (QED) is 0.158. The van der Waals surface area contributed by atoms with Crippen molar-refractivity contribution in [1.82, 2.24) is 29.9 Å². The second-order valence-corrected chi connectivity index (χ2v) is 18.0. The van der Waals surface area contributed by atoms with E-state index in [-0.39, 0.29) is 36.4 Å². The molecule has 0 bridgehead atoms. The minimum atomic E-state index is -0.0672. The molecule has 0 saturated carbocycles. The fourth-order valence-electron chi connectivity index (χ4n) is 6.46. The zero-order valence-electron chi connectivity index (χ0n) is 37.1. The summed E-state index contributed by atoms with van der Waals surface area (Å²) in [6.07, 6.45) is 5.67. The number of benzene rings is 3. The number of aromatic nitrogens is 6. The van der Waals surface area contributed by atoms with Crippen molar-refractivity contribution in [2.45, 2.75) is 78.6 Å². The monoisotopic (exact) mass is 991 g/mol. The van der Waals surface area contributed by atoms with Crippen molar-refractivity contribution in [3.63, 3.8) is 0 Å². The molecule has 3 aromatic carbocycles. The first-order valence-corrected chi connectivity index (χ1v) is 20.0. The first-order chi connectivity index (χ1) is 28.4. The van der Waals surface area contributed by atoms with Crippen LogP contribution in [0, 0.1) is 38.2 Å². The molecule has 0 aliphatic carbocycles. The van der Waals surface area contributed by atoms with Crippen LogP contribution in [0.3, 0.4) is 0 Å². The van der Waals surface area contributed by atoms with Crippen LogP contribution in [-0.2, 0) is 36.4 Å². The molecule has 6 heterocycles. The van der Waals surface area contributed by atoms with Gasteiger partial charge in [-0.25, -0.2) is 29.9 Å². The van der Waals surface area contributed by atoms with E-state index in [9.17, 15) is 0 Å². The summed E-state index contributed by atoms with van der Waals surface area (Å²) < 4.78 is 0. The third-order valence-corrected chi connectivity index (χ3v) is 9.81. The second-order valence-electron chi connectivity index (χ2n) is 18.0. The molecule has 6 aromatic rings. The van der Waals surface area contributed by atoms with Crippen molar-refractivity contribution in [1.29, 1.82) is 0 Å². The minimum Gasteiger partial charge on any atom is -0.501 e. The Morgan fingerprint density at radius 1 is 0.426 bits per heavy atom. The summed E-state index contributed by atoms with van der Waals surface area (Å²) >= 11 is 0. The Balaban J connectivity index is 0.000000152. The molecule has 0 N–H and O–H groups in total. The number of nitrogens with zero attached hydrogens (tertiary/aromatic N) is 12. The number of anilines is 9. The van der Waals surface area contributed by atoms with Gasteiger partial charge in [0.1, 0.15) is 34.9 Å². The van der Waals surface area contributed by atoms with E-state index in [2.05, 4.69) is 95.5 Å². The fraction of sp³-hybridized carbons (Fsp3) is 0.312. The maximum absolute atomic E-state index is 4.75. The van der Waals surface area contributed by atoms with Gasteiger partial charge in [-0.05, 0) is 21.1 Å². The third kappa shape index (κ3) is 9.79. The minimum absolute atomic E-state index is 0. The molecule has 3 aliphatic rings. The molecular weight excluding hydrogens is 937 g/mol. The predicted octanol–water partition coefficient (Wildman–Crippen LogP) is 9.84. The second kappa shape index (κ2) is 17.8. The van der Waals surface area contributed by atoms with Gasteiger partial charge in [0.25, 0.3) is 0 Å². The molecule has 1 radical (unpaired) electrons. The maximum atomic E-state index is 4.75. The van der Waals surface area contributed by atoms with Crippen molar-refractivity contribution in [2.24, 2.45) is 0 Å². The molecule has 0 unspecified atom stereocenters. The molecule has 13 heteroatoms. The Morgan fingerprint density at radius 3 is 0.902 bits per heavy atom. The summed E-state index contributed by atoms with van der Waals surface area (Å²) in [5, 5.41) is 0. The first-order valence-electron chi connectivity index (χ1n) is 20.0. The largest absolute Gasteiger partial charge is 0.501 e. The van der Waals surface area contributed by atoms with Crippen LogP contribution in [0.2, 0.25) is 0 Å². The number of rotatable bonds is 3. The van der Waals surface area contributed by atoms with Crippen LogP contribution in [0.1, 0.15) is 79.8 Å². The fourth-order valence-corrected chi connectivity index (χ4v) is 6.46. The third-order valence-electron chi connectivity index (χ3n) is 9.81. The van der Waals surface area contributed by atoms with Gasteiger partial charge in [0, 0.05) is 36.4 Å². The van der Waals surface area contributed by atoms with Crippen LogP contribution in [0.5, 0.6) is 0 Å². The van der Waals surface area contributed by atoms with Crippen LogP contribution >= 0.6 is 0 Å². The average molecular weight is 991 g/mol. The van der Waals surface area contributed by atoms with E-state index in [1.807, 2.05) is 162 Å². The van der Waals surface area contributed by atoms with Crippen LogP contribution < -0.4 is 29.4 Å². The zero-order valence-corrected chi connectivity index (χ0v) is 39.5. The Kier molecular flexibility index (Phi) is 13.1. The van der Waals surface area contributed by atoms with Crippen LogP contribution in [0.4, 0.5) is 51.6 Å². The number of hydrogen-bond donors (Lipinski definition) is 0. The molecule has 3 aromatic heterocycles. The molecule has 321 valence electrons. The van der Waals surface area contributed by atoms with Gasteiger partial charge in [-0.15, -0.1) is 17.1 Å². The maximum Gasteiger partial charge on any atom is 0.136 e. The van der Waals surface area contributed by atoms with E-state index in [0.29, 0.717) is 0 Å². The SMILES string of the molecule is CN1[CH-]N(c2[c-]cccc2)c2nc(C(C)(C)C)ncc21.CN1[CH-]N(c2[c-]cccc2)c2nc(C(C)(C)C)ncc21.CN1[CH-]N(c2[c-]cccc2)c2nc(C(C)(C)C)ncc21.[Ir]. The summed E-state index contributed by atoms with van der Waals surface area (Å²) in [5.74, 6) is 5.28. The van der Waals surface area contributed by atoms with Crippen molar-refractivity contribution in [3.8, 4) is 0 Å². The van der Waals surface area contributed by atoms with Crippen molar-refractivity contribution in [3.05, 3.63) is 147 Å². The van der Waals surface area contributed by atoms with Gasteiger partial charge in [-0.1, -0.05) is 62.3 Å². The molecule has 0 spiro atoms. The Morgan fingerprint density at radius 2 is 0.689 bits per heavy atom. The van der Waals surface area contributed by atoms with E-state index >= 15 is 0 Å². The molecule has 12 nitrogen and oxygen atoms in total. The number of fused-ring (bicyclic) bond motifs is 3. The van der Waals surface area contributed by atoms with Gasteiger partial charge in [0.2, 0.25) is 0 Å². The topological polar surface area (TPSA) is 96.8 Å². The number of para-hydroxylation sites is 3. The van der Waals surface area contributed by atoms with Crippen LogP contribution in [0.15, 0.2) is 91.4 Å². The van der Waals surface area contributed by atoms with Crippen molar-refractivity contribution >= 4 is 51.6 Å². The molecule has 9 rings (SSSR count). The van der Waals surface area contributed by atoms with Gasteiger partial charge in [0.05, 0.1) is 35.7 Å². The summed E-state index contributed by atoms with van der Waals surface area (Å²) in [7, 11) is 6.01. The van der Waals surface area contributed by atoms with Crippen LogP contribution in [0.25, 0.3) is 0 Å². The average Bonchev–Trinajstić information content (AvgIpc) is 3.87. The van der Waals surface area contributed by atoms with E-state index in [1.165, 1.54) is 0 Å². The van der Waals surface area contributed by atoms with Gasteiger partial charge < -0.3 is 29.4 Å². The molecular formula is C48H54IrN12-6. The summed E-state index contributed by atoms with van der Waals surface area (Å²) in [4.78, 5) is 40.0. The Hall–Kier alpha value is -5.65. The normalized spacial score (nSPS) is 14.4. The summed E-state index contributed by atoms with van der Waals surface area (Å²) in [5.41, 5.74) is 5.78. The van der Waals surface area contributed by atoms with E-state index in [0.717, 1.165) is 69.1 Å². The Labute approximate surface area is 376 Å². The Bertz CT molecular complexity index is 2120. The van der Waals surface area contributed by atoms with Gasteiger partial charge >= 0.3 is 0 Å². The van der Waals surface area contributed by atoms with Gasteiger partial charge in [-0.2, -0.15) is 111 Å². The molecule has 0 saturated heterocycles. The molecule has 0 fully saturated rings. The van der Waals surface area contributed by atoms with Crippen LogP contribution in [-0.4, -0.2) is 51.0 Å². The van der Waals surface area contributed by atoms with Crippen molar-refractivity contribution < 1.29 is 20.1 Å². The molecule has 0 atom stereocenters. The van der Waals surface area contributed by atoms with E-state index in [1.54, 1.807) is 0 Å². The number of hydrogen-bond acceptors (Lipinski definition) is 12. The molecule has 61 heavy (non-hydrogen) atoms. The van der Waals surface area contributed by atoms with Gasteiger partial charge in [0.15, 0.2) is 0 Å². The van der Waals surface area contributed by atoms with E-state index in [4.69, 9.17) is 15.0 Å². The van der Waals surface area contributed by atoms with Crippen molar-refractivity contribution in [2.75, 3.05) is 50.5 Å². The zero-order chi connectivity index (χ0) is 43.0. The summed E-state index contributed by atoms with van der Waals surface area (Å²) in [6, 6.07) is 33.4. The van der Waals surface area contributed by atoms with Gasteiger partial charge in [-0.3, -0.25) is 0 Å². The smallest absolute Gasteiger partial charge is 0.136 e. The standard InChI is InChI=1S/3C16H18N4.Ir/c3*1-16(2,3)15-17-10-13-14(18-15)20(11-19(13)4)12-8-6-5-7-9-12;/h3*5-8,10-11H,1-4H3;/q3*-2;. The molecule has 3 aliphatic heterocycles. The predicted molar refractivity (Wildman–Crippen MR) is 243 cm³/mol. The summed E-state index contributed by atoms with van der Waals surface area (Å²) in [6.45, 7) is 25.1. The first kappa shape index (κ1) is 44.9.